The minimum absolute atomic E-state index is 0.0896. The van der Waals surface area contributed by atoms with E-state index in [4.69, 9.17) is 4.74 Å². The molecule has 0 bridgehead atoms. The van der Waals surface area contributed by atoms with Gasteiger partial charge in [0.2, 0.25) is 0 Å². The van der Waals surface area contributed by atoms with Crippen LogP contribution in [0.5, 0.6) is 0 Å². The van der Waals surface area contributed by atoms with E-state index in [2.05, 4.69) is 26.0 Å². The second-order valence-electron chi connectivity index (χ2n) is 8.32. The van der Waals surface area contributed by atoms with Gasteiger partial charge in [0.05, 0.1) is 11.7 Å². The largest absolute Gasteiger partial charge is 0.511 e. The zero-order valence-corrected chi connectivity index (χ0v) is 16.7. The van der Waals surface area contributed by atoms with Crippen LogP contribution in [0.1, 0.15) is 74.1 Å². The normalized spacial score (nSPS) is 26.2. The highest BCUT2D eigenvalue weighted by atomic mass is 16.5. The lowest BCUT2D eigenvalue weighted by Gasteiger charge is -2.37. The van der Waals surface area contributed by atoms with Crippen molar-refractivity contribution in [3.05, 3.63) is 40.1 Å². The Morgan fingerprint density at radius 2 is 1.92 bits per heavy atom. The molecule has 3 nitrogen and oxygen atoms in total. The number of rotatable bonds is 5. The zero-order valence-electron chi connectivity index (χ0n) is 16.7. The van der Waals surface area contributed by atoms with E-state index in [1.165, 1.54) is 5.56 Å². The monoisotopic (exact) mass is 356 g/mol. The van der Waals surface area contributed by atoms with Crippen LogP contribution in [0.4, 0.5) is 0 Å². The smallest absolute Gasteiger partial charge is 0.167 e. The number of aryl methyl sites for hydroxylation is 3. The Morgan fingerprint density at radius 1 is 1.23 bits per heavy atom. The van der Waals surface area contributed by atoms with Gasteiger partial charge in [-0.25, -0.2) is 0 Å². The third-order valence-electron chi connectivity index (χ3n) is 6.10. The zero-order chi connectivity index (χ0) is 18.9. The molecular formula is C23H32O3. The number of Topliss-reactive ketones (excluding diaryl/α,β-unsaturated/α-hetero) is 1. The van der Waals surface area contributed by atoms with Crippen LogP contribution >= 0.6 is 0 Å². The van der Waals surface area contributed by atoms with Gasteiger partial charge in [-0.05, 0) is 69.6 Å². The van der Waals surface area contributed by atoms with Gasteiger partial charge in [-0.1, -0.05) is 31.0 Å². The predicted octanol–water partition coefficient (Wildman–Crippen LogP) is 5.60. The lowest BCUT2D eigenvalue weighted by molar-refractivity contribution is -0.115. The third-order valence-corrected chi connectivity index (χ3v) is 6.10. The molecule has 3 heteroatoms. The minimum atomic E-state index is -0.411. The van der Waals surface area contributed by atoms with Crippen LogP contribution in [0.25, 0.3) is 5.57 Å². The van der Waals surface area contributed by atoms with Gasteiger partial charge in [0.25, 0.3) is 0 Å². The van der Waals surface area contributed by atoms with E-state index in [-0.39, 0.29) is 11.9 Å². The first-order valence-corrected chi connectivity index (χ1v) is 10.0. The summed E-state index contributed by atoms with van der Waals surface area (Å²) in [6.07, 6.45) is 6.46. The molecule has 1 N–H and O–H groups in total. The summed E-state index contributed by atoms with van der Waals surface area (Å²) in [5.41, 5.74) is 4.41. The summed E-state index contributed by atoms with van der Waals surface area (Å²) in [6, 6.07) is 4.19. The standard InChI is InChI=1S/C23H32O3/c1-5-6-10-26-18-8-7-9-23(13-18)14-19(24)21(22(23)25)20-16(3)11-15(2)12-17(20)4/h11-12,18,25H,5-10,13-14H2,1-4H3. The number of unbranched alkanes of at least 4 members (excludes halogenated alkanes) is 1. The van der Waals surface area contributed by atoms with Gasteiger partial charge < -0.3 is 9.84 Å². The van der Waals surface area contributed by atoms with Gasteiger partial charge in [-0.2, -0.15) is 0 Å². The predicted molar refractivity (Wildman–Crippen MR) is 105 cm³/mol. The van der Waals surface area contributed by atoms with E-state index >= 15 is 0 Å². The maximum Gasteiger partial charge on any atom is 0.167 e. The molecule has 0 aliphatic heterocycles. The van der Waals surface area contributed by atoms with Gasteiger partial charge in [0.1, 0.15) is 5.76 Å². The van der Waals surface area contributed by atoms with Crippen molar-refractivity contribution < 1.29 is 14.6 Å². The molecule has 0 amide bonds. The summed E-state index contributed by atoms with van der Waals surface area (Å²) in [5, 5.41) is 11.2. The summed E-state index contributed by atoms with van der Waals surface area (Å²) in [7, 11) is 0. The van der Waals surface area contributed by atoms with Crippen molar-refractivity contribution in [2.24, 2.45) is 5.41 Å². The van der Waals surface area contributed by atoms with Crippen LogP contribution in [0.15, 0.2) is 17.9 Å². The average Bonchev–Trinajstić information content (AvgIpc) is 2.79. The number of hydrogen-bond acceptors (Lipinski definition) is 3. The van der Waals surface area contributed by atoms with Crippen molar-refractivity contribution in [3.8, 4) is 0 Å². The molecule has 0 radical (unpaired) electrons. The summed E-state index contributed by atoms with van der Waals surface area (Å²) in [6.45, 7) is 9.07. The van der Waals surface area contributed by atoms with Crippen LogP contribution in [0, 0.1) is 26.2 Å². The summed E-state index contributed by atoms with van der Waals surface area (Å²) >= 11 is 0. The first-order chi connectivity index (χ1) is 12.4. The van der Waals surface area contributed by atoms with Gasteiger partial charge >= 0.3 is 0 Å². The first kappa shape index (κ1) is 19.2. The highest BCUT2D eigenvalue weighted by Gasteiger charge is 2.49. The quantitative estimate of drug-likeness (QED) is 0.699. The molecule has 26 heavy (non-hydrogen) atoms. The SMILES string of the molecule is CCCCOC1CCCC2(CC(=O)C(c3c(C)cc(C)cc3C)=C2O)C1. The fraction of sp³-hybridized carbons (Fsp3) is 0.609. The summed E-state index contributed by atoms with van der Waals surface area (Å²) < 4.78 is 6.05. The van der Waals surface area contributed by atoms with E-state index in [0.717, 1.165) is 61.8 Å². The Kier molecular flexibility index (Phi) is 5.57. The van der Waals surface area contributed by atoms with Gasteiger partial charge in [-0.15, -0.1) is 0 Å². The molecule has 3 rings (SSSR count). The van der Waals surface area contributed by atoms with E-state index in [9.17, 15) is 9.90 Å². The second kappa shape index (κ2) is 7.56. The molecule has 142 valence electrons. The van der Waals surface area contributed by atoms with E-state index in [1.807, 2.05) is 13.8 Å². The van der Waals surface area contributed by atoms with Crippen LogP contribution in [0.2, 0.25) is 0 Å². The highest BCUT2D eigenvalue weighted by molar-refractivity contribution is 6.24. The van der Waals surface area contributed by atoms with Crippen LogP contribution in [0.3, 0.4) is 0 Å². The Balaban J connectivity index is 1.93. The molecule has 1 spiro atoms. The molecule has 0 heterocycles. The minimum Gasteiger partial charge on any atom is -0.511 e. The number of carbonyl (C=O) groups excluding carboxylic acids is 1. The number of aliphatic hydroxyl groups is 1. The van der Waals surface area contributed by atoms with Crippen molar-refractivity contribution in [2.45, 2.75) is 78.7 Å². The number of ether oxygens (including phenoxy) is 1. The Hall–Kier alpha value is -1.61. The molecule has 1 aromatic rings. The number of allylic oxidation sites excluding steroid dienone is 2. The molecular weight excluding hydrogens is 324 g/mol. The van der Waals surface area contributed by atoms with Crippen molar-refractivity contribution in [1.29, 1.82) is 0 Å². The maximum absolute atomic E-state index is 13.0. The van der Waals surface area contributed by atoms with Gasteiger partial charge in [0.15, 0.2) is 5.78 Å². The molecule has 0 saturated heterocycles. The highest BCUT2D eigenvalue weighted by Crippen LogP contribution is 2.53. The summed E-state index contributed by atoms with van der Waals surface area (Å²) in [4.78, 5) is 13.0. The number of carbonyl (C=O) groups is 1. The maximum atomic E-state index is 13.0. The number of aliphatic hydroxyl groups excluding tert-OH is 1. The van der Waals surface area contributed by atoms with E-state index in [1.54, 1.807) is 0 Å². The molecule has 0 aromatic heterocycles. The molecule has 1 saturated carbocycles. The molecule has 1 fully saturated rings. The Bertz CT molecular complexity index is 708. The molecule has 1 aromatic carbocycles. The van der Waals surface area contributed by atoms with Crippen molar-refractivity contribution in [1.82, 2.24) is 0 Å². The van der Waals surface area contributed by atoms with Gasteiger partial charge in [0, 0.05) is 18.4 Å². The lowest BCUT2D eigenvalue weighted by atomic mass is 9.71. The van der Waals surface area contributed by atoms with Gasteiger partial charge in [-0.3, -0.25) is 4.79 Å². The lowest BCUT2D eigenvalue weighted by Crippen LogP contribution is -2.33. The molecule has 2 unspecified atom stereocenters. The average molecular weight is 357 g/mol. The third kappa shape index (κ3) is 3.46. The fourth-order valence-electron chi connectivity index (χ4n) is 4.93. The molecule has 2 aliphatic rings. The van der Waals surface area contributed by atoms with E-state index < -0.39 is 5.41 Å². The fourth-order valence-corrected chi connectivity index (χ4v) is 4.93. The van der Waals surface area contributed by atoms with Crippen molar-refractivity contribution in [3.63, 3.8) is 0 Å². The topological polar surface area (TPSA) is 46.5 Å². The van der Waals surface area contributed by atoms with Crippen molar-refractivity contribution in [2.75, 3.05) is 6.61 Å². The van der Waals surface area contributed by atoms with E-state index in [0.29, 0.717) is 17.8 Å². The first-order valence-electron chi connectivity index (χ1n) is 10.0. The summed E-state index contributed by atoms with van der Waals surface area (Å²) in [5.74, 6) is 0.410. The number of hydrogen-bond donors (Lipinski definition) is 1. The molecule has 2 atom stereocenters. The second-order valence-corrected chi connectivity index (χ2v) is 8.32. The number of benzene rings is 1. The van der Waals surface area contributed by atoms with Crippen LogP contribution in [-0.4, -0.2) is 23.6 Å². The van der Waals surface area contributed by atoms with Crippen LogP contribution < -0.4 is 0 Å². The van der Waals surface area contributed by atoms with Crippen molar-refractivity contribution >= 4 is 11.4 Å². The number of ketones is 1. The Labute approximate surface area is 157 Å². The Morgan fingerprint density at radius 3 is 2.58 bits per heavy atom. The molecule has 2 aliphatic carbocycles. The van der Waals surface area contributed by atoms with Crippen LogP contribution in [-0.2, 0) is 9.53 Å².